The van der Waals surface area contributed by atoms with Crippen molar-refractivity contribution in [3.63, 3.8) is 0 Å². The molecule has 0 spiro atoms. The van der Waals surface area contributed by atoms with Gasteiger partial charge in [0.15, 0.2) is 0 Å². The predicted octanol–water partition coefficient (Wildman–Crippen LogP) is 0.574. The van der Waals surface area contributed by atoms with Crippen molar-refractivity contribution in [1.82, 2.24) is 4.72 Å². The third kappa shape index (κ3) is 1.67. The number of aliphatic hydroxyl groups is 1. The first kappa shape index (κ1) is 10.6. The molecule has 4 nitrogen and oxygen atoms in total. The van der Waals surface area contributed by atoms with Crippen LogP contribution in [-0.2, 0) is 16.4 Å². The maximum absolute atomic E-state index is 11.7. The molecule has 1 aliphatic rings. The Balaban J connectivity index is 2.62. The highest BCUT2D eigenvalue weighted by Gasteiger charge is 2.26. The Labute approximate surface area is 89.0 Å². The second kappa shape index (κ2) is 3.59. The van der Waals surface area contributed by atoms with Gasteiger partial charge in [-0.3, -0.25) is 0 Å². The van der Waals surface area contributed by atoms with Crippen LogP contribution in [0, 0.1) is 0 Å². The molecule has 0 saturated heterocycles. The molecule has 1 aromatic carbocycles. The van der Waals surface area contributed by atoms with E-state index in [9.17, 15) is 13.5 Å². The largest absolute Gasteiger partial charge is 0.388 e. The molecule has 1 atom stereocenters. The Bertz CT molecular complexity index is 481. The fourth-order valence-corrected chi connectivity index (χ4v) is 2.98. The minimum Gasteiger partial charge on any atom is -0.388 e. The van der Waals surface area contributed by atoms with Crippen LogP contribution in [0.4, 0.5) is 0 Å². The van der Waals surface area contributed by atoms with Crippen LogP contribution in [0.5, 0.6) is 0 Å². The molecule has 82 valence electrons. The first-order valence-corrected chi connectivity index (χ1v) is 6.28. The summed E-state index contributed by atoms with van der Waals surface area (Å²) >= 11 is 0. The lowest BCUT2D eigenvalue weighted by molar-refractivity contribution is 0.180. The van der Waals surface area contributed by atoms with Crippen molar-refractivity contribution in [3.8, 4) is 0 Å². The lowest BCUT2D eigenvalue weighted by Crippen LogP contribution is -2.20. The van der Waals surface area contributed by atoms with E-state index < -0.39 is 16.1 Å². The van der Waals surface area contributed by atoms with E-state index >= 15 is 0 Å². The lowest BCUT2D eigenvalue weighted by Gasteiger charge is -2.09. The van der Waals surface area contributed by atoms with E-state index in [1.165, 1.54) is 7.05 Å². The highest BCUT2D eigenvalue weighted by Crippen LogP contribution is 2.34. The zero-order chi connectivity index (χ0) is 11.1. The highest BCUT2D eigenvalue weighted by atomic mass is 32.2. The van der Waals surface area contributed by atoms with Crippen LogP contribution >= 0.6 is 0 Å². The summed E-state index contributed by atoms with van der Waals surface area (Å²) in [6.45, 7) is 0. The molecule has 1 aromatic rings. The smallest absolute Gasteiger partial charge is 0.240 e. The van der Waals surface area contributed by atoms with Gasteiger partial charge in [0.25, 0.3) is 0 Å². The third-order valence-electron chi connectivity index (χ3n) is 2.75. The van der Waals surface area contributed by atoms with E-state index in [2.05, 4.69) is 4.72 Å². The first-order valence-electron chi connectivity index (χ1n) is 4.79. The van der Waals surface area contributed by atoms with Gasteiger partial charge in [0.05, 0.1) is 11.0 Å². The summed E-state index contributed by atoms with van der Waals surface area (Å²) in [5.41, 5.74) is 1.49. The van der Waals surface area contributed by atoms with Gasteiger partial charge in [0, 0.05) is 0 Å². The zero-order valence-electron chi connectivity index (χ0n) is 8.40. The van der Waals surface area contributed by atoms with Gasteiger partial charge in [-0.25, -0.2) is 13.1 Å². The van der Waals surface area contributed by atoms with E-state index in [1.54, 1.807) is 18.2 Å². The van der Waals surface area contributed by atoms with Crippen molar-refractivity contribution in [3.05, 3.63) is 29.3 Å². The molecular formula is C10H13NO3S. The number of sulfonamides is 1. The Morgan fingerprint density at radius 3 is 2.87 bits per heavy atom. The Morgan fingerprint density at radius 2 is 2.20 bits per heavy atom. The molecule has 0 amide bonds. The third-order valence-corrected chi connectivity index (χ3v) is 4.25. The zero-order valence-corrected chi connectivity index (χ0v) is 9.21. The molecule has 0 radical (unpaired) electrons. The minimum absolute atomic E-state index is 0.291. The molecule has 5 heteroatoms. The Kier molecular flexibility index (Phi) is 2.54. The molecular weight excluding hydrogens is 214 g/mol. The lowest BCUT2D eigenvalue weighted by atomic mass is 10.1. The first-order chi connectivity index (χ1) is 7.06. The summed E-state index contributed by atoms with van der Waals surface area (Å²) in [6, 6.07) is 5.02. The Morgan fingerprint density at radius 1 is 1.47 bits per heavy atom. The molecule has 0 bridgehead atoms. The summed E-state index contributed by atoms with van der Waals surface area (Å²) < 4.78 is 25.6. The number of benzene rings is 1. The van der Waals surface area contributed by atoms with Gasteiger partial charge in [0.1, 0.15) is 0 Å². The van der Waals surface area contributed by atoms with Gasteiger partial charge in [-0.15, -0.1) is 0 Å². The summed E-state index contributed by atoms with van der Waals surface area (Å²) in [6.07, 6.45) is 0.700. The molecule has 15 heavy (non-hydrogen) atoms. The summed E-state index contributed by atoms with van der Waals surface area (Å²) in [4.78, 5) is 0.291. The van der Waals surface area contributed by atoms with Crippen molar-refractivity contribution in [1.29, 1.82) is 0 Å². The molecule has 1 unspecified atom stereocenters. The fraction of sp³-hybridized carbons (Fsp3) is 0.400. The summed E-state index contributed by atoms with van der Waals surface area (Å²) in [5, 5.41) is 9.63. The van der Waals surface area contributed by atoms with Gasteiger partial charge in [-0.1, -0.05) is 12.1 Å². The van der Waals surface area contributed by atoms with Gasteiger partial charge in [-0.2, -0.15) is 0 Å². The monoisotopic (exact) mass is 227 g/mol. The molecule has 0 aromatic heterocycles. The Hall–Kier alpha value is -0.910. The SMILES string of the molecule is CNS(=O)(=O)c1cccc2c1CCC2O. The van der Waals surface area contributed by atoms with Crippen LogP contribution in [0.15, 0.2) is 23.1 Å². The minimum atomic E-state index is -3.41. The van der Waals surface area contributed by atoms with Crippen LogP contribution in [0.3, 0.4) is 0 Å². The van der Waals surface area contributed by atoms with Gasteiger partial charge >= 0.3 is 0 Å². The maximum Gasteiger partial charge on any atom is 0.240 e. The van der Waals surface area contributed by atoms with E-state index in [0.29, 0.717) is 17.7 Å². The quantitative estimate of drug-likeness (QED) is 0.776. The number of nitrogens with one attached hydrogen (secondary N) is 1. The van der Waals surface area contributed by atoms with Gasteiger partial charge in [-0.05, 0) is 37.1 Å². The predicted molar refractivity (Wildman–Crippen MR) is 56.0 cm³/mol. The van der Waals surface area contributed by atoms with E-state index in [0.717, 1.165) is 11.1 Å². The standard InChI is InChI=1S/C10H13NO3S/c1-11-15(13,14)10-4-2-3-7-8(10)5-6-9(7)12/h2-4,9,11-12H,5-6H2,1H3. The molecule has 2 N–H and O–H groups in total. The van der Waals surface area contributed by atoms with Gasteiger partial charge < -0.3 is 5.11 Å². The number of aliphatic hydroxyl groups excluding tert-OH is 1. The van der Waals surface area contributed by atoms with Gasteiger partial charge in [0.2, 0.25) is 10.0 Å². The molecule has 2 rings (SSSR count). The molecule has 0 saturated carbocycles. The van der Waals surface area contributed by atoms with E-state index in [1.807, 2.05) is 0 Å². The van der Waals surface area contributed by atoms with Crippen LogP contribution < -0.4 is 4.72 Å². The van der Waals surface area contributed by atoms with Crippen molar-refractivity contribution in [2.45, 2.75) is 23.8 Å². The average Bonchev–Trinajstić information content (AvgIpc) is 2.60. The van der Waals surface area contributed by atoms with Crippen LogP contribution in [0.1, 0.15) is 23.7 Å². The summed E-state index contributed by atoms with van der Waals surface area (Å²) in [5.74, 6) is 0. The molecule has 0 heterocycles. The second-order valence-corrected chi connectivity index (χ2v) is 5.44. The number of rotatable bonds is 2. The number of fused-ring (bicyclic) bond motifs is 1. The summed E-state index contributed by atoms with van der Waals surface area (Å²) in [7, 11) is -2.02. The maximum atomic E-state index is 11.7. The average molecular weight is 227 g/mol. The van der Waals surface area contributed by atoms with Crippen LogP contribution in [0.2, 0.25) is 0 Å². The second-order valence-electron chi connectivity index (χ2n) is 3.59. The van der Waals surface area contributed by atoms with Crippen molar-refractivity contribution < 1.29 is 13.5 Å². The number of hydrogen-bond acceptors (Lipinski definition) is 3. The van der Waals surface area contributed by atoms with Crippen molar-refractivity contribution >= 4 is 10.0 Å². The normalized spacial score (nSPS) is 20.3. The van der Waals surface area contributed by atoms with Crippen LogP contribution in [-0.4, -0.2) is 20.6 Å². The highest BCUT2D eigenvalue weighted by molar-refractivity contribution is 7.89. The van der Waals surface area contributed by atoms with Crippen molar-refractivity contribution in [2.75, 3.05) is 7.05 Å². The molecule has 1 aliphatic carbocycles. The van der Waals surface area contributed by atoms with Crippen LogP contribution in [0.25, 0.3) is 0 Å². The van der Waals surface area contributed by atoms with E-state index in [-0.39, 0.29) is 0 Å². The molecule has 0 aliphatic heterocycles. The number of hydrogen-bond donors (Lipinski definition) is 2. The molecule has 0 fully saturated rings. The van der Waals surface area contributed by atoms with Crippen molar-refractivity contribution in [2.24, 2.45) is 0 Å². The topological polar surface area (TPSA) is 66.4 Å². The fourth-order valence-electron chi connectivity index (χ4n) is 1.96. The van der Waals surface area contributed by atoms with E-state index in [4.69, 9.17) is 0 Å².